The average Bonchev–Trinajstić information content (AvgIpc) is 2.67. The van der Waals surface area contributed by atoms with Crippen LogP contribution in [0.4, 0.5) is 0 Å². The zero-order valence-corrected chi connectivity index (χ0v) is 13.5. The van der Waals surface area contributed by atoms with Gasteiger partial charge < -0.3 is 9.57 Å². The predicted octanol–water partition coefficient (Wildman–Crippen LogP) is 1.99. The molecule has 0 aliphatic heterocycles. The number of imidazole rings is 1. The normalized spacial score (nSPS) is 12.6. The van der Waals surface area contributed by atoms with Gasteiger partial charge in [-0.1, -0.05) is 27.2 Å². The van der Waals surface area contributed by atoms with E-state index in [1.807, 2.05) is 38.6 Å². The zero-order valence-electron chi connectivity index (χ0n) is 13.5. The number of rotatable bonds is 7. The molecule has 0 aliphatic carbocycles. The monoisotopic (exact) mass is 283 g/mol. The third kappa shape index (κ3) is 3.52. The Kier molecular flexibility index (Phi) is 6.05. The Balaban J connectivity index is 3.05. The van der Waals surface area contributed by atoms with E-state index in [1.165, 1.54) is 7.11 Å². The van der Waals surface area contributed by atoms with Crippen LogP contribution in [0.25, 0.3) is 0 Å². The second-order valence-electron chi connectivity index (χ2n) is 5.42. The van der Waals surface area contributed by atoms with Gasteiger partial charge >= 0.3 is 5.97 Å². The van der Waals surface area contributed by atoms with Crippen molar-refractivity contribution in [3.05, 3.63) is 17.7 Å². The van der Waals surface area contributed by atoms with Crippen molar-refractivity contribution >= 4 is 5.97 Å². The number of esters is 1. The maximum Gasteiger partial charge on any atom is 0.351 e. The third-order valence-electron chi connectivity index (χ3n) is 3.57. The highest BCUT2D eigenvalue weighted by molar-refractivity contribution is 5.72. The van der Waals surface area contributed by atoms with E-state index in [9.17, 15) is 4.79 Å². The lowest BCUT2D eigenvalue weighted by Gasteiger charge is -2.15. The summed E-state index contributed by atoms with van der Waals surface area (Å²) in [5.74, 6) is -0.0733. The molecule has 114 valence electrons. The van der Waals surface area contributed by atoms with Crippen LogP contribution in [0, 0.1) is 19.8 Å². The van der Waals surface area contributed by atoms with E-state index in [1.54, 1.807) is 4.73 Å². The van der Waals surface area contributed by atoms with Gasteiger partial charge in [0, 0.05) is 19.8 Å². The van der Waals surface area contributed by atoms with Gasteiger partial charge in [0.05, 0.1) is 7.11 Å². The van der Waals surface area contributed by atoms with E-state index >= 15 is 0 Å². The van der Waals surface area contributed by atoms with Crippen molar-refractivity contribution < 1.29 is 18.9 Å². The van der Waals surface area contributed by atoms with Crippen LogP contribution in [-0.2, 0) is 9.53 Å². The van der Waals surface area contributed by atoms with Gasteiger partial charge in [-0.2, -0.15) is 0 Å². The maximum absolute atomic E-state index is 12.0. The predicted molar refractivity (Wildman–Crippen MR) is 76.3 cm³/mol. The van der Waals surface area contributed by atoms with E-state index in [0.29, 0.717) is 6.61 Å². The van der Waals surface area contributed by atoms with Gasteiger partial charge in [-0.15, -0.1) is 0 Å². The van der Waals surface area contributed by atoms with Crippen LogP contribution >= 0.6 is 0 Å². The number of aromatic nitrogens is 2. The first-order valence-electron chi connectivity index (χ1n) is 7.24. The largest absolute Gasteiger partial charge is 0.466 e. The Morgan fingerprint density at radius 3 is 2.55 bits per heavy atom. The average molecular weight is 283 g/mol. The second kappa shape index (κ2) is 7.31. The molecule has 1 heterocycles. The fourth-order valence-corrected chi connectivity index (χ4v) is 2.18. The van der Waals surface area contributed by atoms with Crippen molar-refractivity contribution in [2.45, 2.75) is 53.5 Å². The smallest absolute Gasteiger partial charge is 0.351 e. The number of hydrogen-bond acceptors (Lipinski definition) is 3. The molecule has 1 rings (SSSR count). The molecule has 1 aromatic heterocycles. The van der Waals surface area contributed by atoms with E-state index in [-0.39, 0.29) is 17.9 Å². The Bertz CT molecular complexity index is 452. The van der Waals surface area contributed by atoms with E-state index in [4.69, 9.17) is 9.57 Å². The third-order valence-corrected chi connectivity index (χ3v) is 3.57. The van der Waals surface area contributed by atoms with Crippen molar-refractivity contribution in [1.82, 2.24) is 4.73 Å². The second-order valence-corrected chi connectivity index (χ2v) is 5.42. The molecule has 5 nitrogen and oxygen atoms in total. The first kappa shape index (κ1) is 16.5. The minimum Gasteiger partial charge on any atom is -0.466 e. The number of unbranched alkanes of at least 4 members (excludes halogenated alkanes) is 1. The molecule has 1 aromatic rings. The summed E-state index contributed by atoms with van der Waals surface area (Å²) in [5.41, 5.74) is 2.03. The SMILES string of the molecule is CCCCOn1c[n+]([C@H](C(=O)OC)C(C)C)c(C)c1C. The molecule has 0 aliphatic rings. The number of ether oxygens (including phenoxy) is 1. The molecule has 0 fully saturated rings. The zero-order chi connectivity index (χ0) is 15.3. The van der Waals surface area contributed by atoms with Crippen LogP contribution in [0.15, 0.2) is 6.33 Å². The Labute approximate surface area is 121 Å². The minimum atomic E-state index is -0.324. The summed E-state index contributed by atoms with van der Waals surface area (Å²) in [6.07, 6.45) is 3.96. The Hall–Kier alpha value is -1.52. The van der Waals surface area contributed by atoms with Crippen LogP contribution in [0.3, 0.4) is 0 Å². The summed E-state index contributed by atoms with van der Waals surface area (Å²) in [6.45, 7) is 10.8. The van der Waals surface area contributed by atoms with E-state index < -0.39 is 0 Å². The van der Waals surface area contributed by atoms with Crippen molar-refractivity contribution in [3.63, 3.8) is 0 Å². The molecule has 0 spiro atoms. The summed E-state index contributed by atoms with van der Waals surface area (Å²) in [5, 5.41) is 0. The summed E-state index contributed by atoms with van der Waals surface area (Å²) in [6, 6.07) is -0.324. The molecule has 0 saturated carbocycles. The highest BCUT2D eigenvalue weighted by atomic mass is 16.7. The molecule has 20 heavy (non-hydrogen) atoms. The highest BCUT2D eigenvalue weighted by Crippen LogP contribution is 2.15. The first-order valence-corrected chi connectivity index (χ1v) is 7.24. The molecule has 0 amide bonds. The van der Waals surface area contributed by atoms with E-state index in [2.05, 4.69) is 6.92 Å². The number of carbonyl (C=O) groups is 1. The topological polar surface area (TPSA) is 44.3 Å². The van der Waals surface area contributed by atoms with Gasteiger partial charge in [-0.3, -0.25) is 0 Å². The first-order chi connectivity index (χ1) is 9.43. The van der Waals surface area contributed by atoms with Crippen LogP contribution in [0.2, 0.25) is 0 Å². The summed E-state index contributed by atoms with van der Waals surface area (Å²) in [7, 11) is 1.43. The van der Waals surface area contributed by atoms with Crippen molar-refractivity contribution in [2.75, 3.05) is 13.7 Å². The lowest BCUT2D eigenvalue weighted by molar-refractivity contribution is -0.722. The Morgan fingerprint density at radius 2 is 2.05 bits per heavy atom. The number of nitrogens with zero attached hydrogens (tertiary/aromatic N) is 2. The molecule has 0 N–H and O–H groups in total. The molecule has 0 saturated heterocycles. The number of hydrogen-bond donors (Lipinski definition) is 0. The molecular formula is C15H27N2O3+. The van der Waals surface area contributed by atoms with Crippen molar-refractivity contribution in [2.24, 2.45) is 5.92 Å². The van der Waals surface area contributed by atoms with Gasteiger partial charge in [0.2, 0.25) is 0 Å². The molecular weight excluding hydrogens is 256 g/mol. The minimum absolute atomic E-state index is 0.150. The summed E-state index contributed by atoms with van der Waals surface area (Å²) >= 11 is 0. The van der Waals surface area contributed by atoms with Crippen molar-refractivity contribution in [3.8, 4) is 0 Å². The van der Waals surface area contributed by atoms with Crippen LogP contribution in [0.5, 0.6) is 0 Å². The standard InChI is InChI=1S/C15H27N2O3/c1-7-8-9-20-17-10-16(12(4)13(17)5)14(11(2)3)15(18)19-6/h10-11,14H,7-9H2,1-6H3/q+1/t14-/m0/s1. The molecule has 5 heteroatoms. The number of carbonyl (C=O) groups excluding carboxylic acids is 1. The fourth-order valence-electron chi connectivity index (χ4n) is 2.18. The molecule has 0 radical (unpaired) electrons. The fraction of sp³-hybridized carbons (Fsp3) is 0.733. The lowest BCUT2D eigenvalue weighted by atomic mass is 10.0. The summed E-state index contributed by atoms with van der Waals surface area (Å²) < 4.78 is 8.62. The lowest BCUT2D eigenvalue weighted by Crippen LogP contribution is -2.48. The van der Waals surface area contributed by atoms with Gasteiger partial charge in [-0.05, 0) is 11.2 Å². The molecule has 0 bridgehead atoms. The van der Waals surface area contributed by atoms with Crippen LogP contribution in [-0.4, -0.2) is 24.4 Å². The molecule has 0 aromatic carbocycles. The van der Waals surface area contributed by atoms with Gasteiger partial charge in [0.1, 0.15) is 12.3 Å². The quantitative estimate of drug-likeness (QED) is 0.437. The Morgan fingerprint density at radius 1 is 1.40 bits per heavy atom. The van der Waals surface area contributed by atoms with Crippen LogP contribution in [0.1, 0.15) is 51.0 Å². The molecule has 0 unspecified atom stereocenters. The number of methoxy groups -OCH3 is 1. The van der Waals surface area contributed by atoms with E-state index in [0.717, 1.165) is 24.2 Å². The van der Waals surface area contributed by atoms with Crippen LogP contribution < -0.4 is 9.40 Å². The maximum atomic E-state index is 12.0. The highest BCUT2D eigenvalue weighted by Gasteiger charge is 2.33. The molecule has 1 atom stereocenters. The van der Waals surface area contributed by atoms with Gasteiger partial charge in [-0.25, -0.2) is 9.36 Å². The van der Waals surface area contributed by atoms with Crippen molar-refractivity contribution in [1.29, 1.82) is 0 Å². The van der Waals surface area contributed by atoms with Gasteiger partial charge in [0.15, 0.2) is 11.7 Å². The van der Waals surface area contributed by atoms with Gasteiger partial charge in [0.25, 0.3) is 6.33 Å². The summed E-state index contributed by atoms with van der Waals surface area (Å²) in [4.78, 5) is 17.7.